The zero-order valence-electron chi connectivity index (χ0n) is 16.2. The predicted octanol–water partition coefficient (Wildman–Crippen LogP) is 6.23. The van der Waals surface area contributed by atoms with Crippen molar-refractivity contribution < 1.29 is 9.09 Å². The van der Waals surface area contributed by atoms with Gasteiger partial charge in [0.25, 0.3) is 0 Å². The minimum atomic E-state index is -3.20. The van der Waals surface area contributed by atoms with Crippen LogP contribution in [-0.4, -0.2) is 17.8 Å². The summed E-state index contributed by atoms with van der Waals surface area (Å²) >= 11 is 0. The highest BCUT2D eigenvalue weighted by Gasteiger charge is 2.33. The Hall–Kier alpha value is -2.61. The molecule has 0 heterocycles. The Bertz CT molecular complexity index is 1150. The number of hydrogen-bond acceptors (Lipinski definition) is 2. The molecule has 4 aromatic carbocycles. The lowest BCUT2D eigenvalue weighted by Crippen LogP contribution is -2.28. The Morgan fingerprint density at radius 3 is 1.93 bits per heavy atom. The third-order valence-corrected chi connectivity index (χ3v) is 7.81. The highest BCUT2D eigenvalue weighted by Crippen LogP contribution is 2.49. The van der Waals surface area contributed by atoms with E-state index in [0.29, 0.717) is 18.8 Å². The van der Waals surface area contributed by atoms with Crippen LogP contribution in [0.3, 0.4) is 0 Å². The van der Waals surface area contributed by atoms with Crippen molar-refractivity contribution in [3.8, 4) is 5.75 Å². The lowest BCUT2D eigenvalue weighted by molar-refractivity contribution is 0.381. The molecule has 142 valence electrons. The van der Waals surface area contributed by atoms with Gasteiger partial charge in [0.15, 0.2) is 0 Å². The Morgan fingerprint density at radius 1 is 0.714 bits per heavy atom. The maximum atomic E-state index is 14.0. The second kappa shape index (κ2) is 7.79. The average molecular weight is 389 g/mol. The van der Waals surface area contributed by atoms with E-state index in [9.17, 15) is 4.57 Å². The molecule has 3 nitrogen and oxygen atoms in total. The standard InChI is InChI=1S/C24H24NO2P/c1-3-25(4-2)28(26,24-12-6-5-7-13-24)27-23-15-14-21-16-19-10-8-9-11-20(19)17-22(21)18-23/h5-18H,3-4H2,1-2H3. The van der Waals surface area contributed by atoms with Gasteiger partial charge in [-0.15, -0.1) is 0 Å². The summed E-state index contributed by atoms with van der Waals surface area (Å²) in [7, 11) is -3.20. The second-order valence-corrected chi connectivity index (χ2v) is 9.10. The minimum absolute atomic E-state index is 0.627. The first-order valence-corrected chi connectivity index (χ1v) is 11.2. The van der Waals surface area contributed by atoms with Gasteiger partial charge in [-0.1, -0.05) is 62.4 Å². The van der Waals surface area contributed by atoms with Gasteiger partial charge in [-0.2, -0.15) is 0 Å². The average Bonchev–Trinajstić information content (AvgIpc) is 2.73. The van der Waals surface area contributed by atoms with E-state index < -0.39 is 7.52 Å². The molecule has 0 aliphatic rings. The molecule has 0 aliphatic carbocycles. The third kappa shape index (κ3) is 3.44. The molecular formula is C24H24NO2P. The molecule has 1 atom stereocenters. The first-order chi connectivity index (χ1) is 13.6. The molecule has 0 N–H and O–H groups in total. The van der Waals surface area contributed by atoms with Crippen molar-refractivity contribution >= 4 is 34.4 Å². The van der Waals surface area contributed by atoms with Gasteiger partial charge in [-0.05, 0) is 57.9 Å². The SMILES string of the molecule is CCN(CC)P(=O)(Oc1ccc2cc3ccccc3cc2c1)c1ccccc1. The van der Waals surface area contributed by atoms with Crippen molar-refractivity contribution in [2.24, 2.45) is 0 Å². The van der Waals surface area contributed by atoms with Gasteiger partial charge in [-0.3, -0.25) is 4.57 Å². The summed E-state index contributed by atoms with van der Waals surface area (Å²) in [6, 6.07) is 28.1. The van der Waals surface area contributed by atoms with Crippen LogP contribution in [0.4, 0.5) is 0 Å². The van der Waals surface area contributed by atoms with E-state index in [4.69, 9.17) is 4.52 Å². The number of benzene rings is 4. The van der Waals surface area contributed by atoms with E-state index >= 15 is 0 Å². The van der Waals surface area contributed by atoms with Crippen LogP contribution in [0.5, 0.6) is 5.75 Å². The fourth-order valence-corrected chi connectivity index (χ4v) is 5.84. The Morgan fingerprint density at radius 2 is 1.29 bits per heavy atom. The van der Waals surface area contributed by atoms with E-state index in [1.807, 2.05) is 79.2 Å². The summed E-state index contributed by atoms with van der Waals surface area (Å²) in [6.07, 6.45) is 0. The van der Waals surface area contributed by atoms with E-state index in [1.54, 1.807) is 0 Å². The molecule has 1 unspecified atom stereocenters. The fraction of sp³-hybridized carbons (Fsp3) is 0.167. The van der Waals surface area contributed by atoms with Gasteiger partial charge in [0.1, 0.15) is 5.75 Å². The molecule has 0 saturated carbocycles. The van der Waals surface area contributed by atoms with Gasteiger partial charge < -0.3 is 4.52 Å². The molecule has 0 radical (unpaired) electrons. The van der Waals surface area contributed by atoms with Crippen LogP contribution in [0.15, 0.2) is 84.9 Å². The summed E-state index contributed by atoms with van der Waals surface area (Å²) in [5, 5.41) is 5.33. The van der Waals surface area contributed by atoms with Crippen LogP contribution in [-0.2, 0) is 4.57 Å². The second-order valence-electron chi connectivity index (χ2n) is 6.79. The topological polar surface area (TPSA) is 29.5 Å². The van der Waals surface area contributed by atoms with Crippen molar-refractivity contribution in [1.82, 2.24) is 4.67 Å². The Balaban J connectivity index is 1.79. The lowest BCUT2D eigenvalue weighted by Gasteiger charge is -2.29. The first kappa shape index (κ1) is 18.7. The summed E-state index contributed by atoms with van der Waals surface area (Å²) in [5.41, 5.74) is 0. The summed E-state index contributed by atoms with van der Waals surface area (Å²) < 4.78 is 22.1. The minimum Gasteiger partial charge on any atom is -0.429 e. The smallest absolute Gasteiger partial charge is 0.349 e. The van der Waals surface area contributed by atoms with Crippen LogP contribution in [0, 0.1) is 0 Å². The van der Waals surface area contributed by atoms with E-state index in [2.05, 4.69) is 24.3 Å². The number of rotatable bonds is 6. The molecule has 4 rings (SSSR count). The highest BCUT2D eigenvalue weighted by atomic mass is 31.2. The van der Waals surface area contributed by atoms with Gasteiger partial charge in [0, 0.05) is 13.1 Å². The molecule has 0 bridgehead atoms. The van der Waals surface area contributed by atoms with Crippen molar-refractivity contribution in [2.45, 2.75) is 13.8 Å². The molecule has 28 heavy (non-hydrogen) atoms. The number of fused-ring (bicyclic) bond motifs is 2. The van der Waals surface area contributed by atoms with Crippen LogP contribution in [0.25, 0.3) is 21.5 Å². The van der Waals surface area contributed by atoms with Crippen molar-refractivity contribution in [3.05, 3.63) is 84.9 Å². The van der Waals surface area contributed by atoms with E-state index in [-0.39, 0.29) is 0 Å². The van der Waals surface area contributed by atoms with E-state index in [0.717, 1.165) is 16.1 Å². The highest BCUT2D eigenvalue weighted by molar-refractivity contribution is 7.65. The molecule has 0 spiro atoms. The fourth-order valence-electron chi connectivity index (χ4n) is 3.60. The van der Waals surface area contributed by atoms with Crippen LogP contribution >= 0.6 is 7.52 Å². The van der Waals surface area contributed by atoms with Crippen LogP contribution < -0.4 is 9.83 Å². The number of hydrogen-bond donors (Lipinski definition) is 0. The maximum Gasteiger partial charge on any atom is 0.349 e. The molecule has 4 heteroatoms. The Kier molecular flexibility index (Phi) is 5.21. The van der Waals surface area contributed by atoms with Gasteiger partial charge >= 0.3 is 7.52 Å². The normalized spacial score (nSPS) is 13.7. The lowest BCUT2D eigenvalue weighted by atomic mass is 10.0. The van der Waals surface area contributed by atoms with Crippen molar-refractivity contribution in [1.29, 1.82) is 0 Å². The van der Waals surface area contributed by atoms with Gasteiger partial charge in [0.2, 0.25) is 0 Å². The molecule has 0 fully saturated rings. The maximum absolute atomic E-state index is 14.0. The van der Waals surface area contributed by atoms with E-state index in [1.165, 1.54) is 10.8 Å². The molecule has 0 aromatic heterocycles. The summed E-state index contributed by atoms with van der Waals surface area (Å²) in [4.78, 5) is 0. The first-order valence-electron chi connectivity index (χ1n) is 9.67. The zero-order valence-corrected chi connectivity index (χ0v) is 17.1. The predicted molar refractivity (Wildman–Crippen MR) is 119 cm³/mol. The largest absolute Gasteiger partial charge is 0.429 e. The third-order valence-electron chi connectivity index (χ3n) is 5.09. The quantitative estimate of drug-likeness (QED) is 0.289. The monoisotopic (exact) mass is 389 g/mol. The summed E-state index contributed by atoms with van der Waals surface area (Å²) in [5.74, 6) is 0.627. The van der Waals surface area contributed by atoms with Crippen molar-refractivity contribution in [3.63, 3.8) is 0 Å². The van der Waals surface area contributed by atoms with Crippen LogP contribution in [0.2, 0.25) is 0 Å². The van der Waals surface area contributed by atoms with Gasteiger partial charge in [-0.25, -0.2) is 4.67 Å². The summed E-state index contributed by atoms with van der Waals surface area (Å²) in [6.45, 7) is 5.33. The molecule has 0 amide bonds. The zero-order chi connectivity index (χ0) is 19.6. The molecule has 4 aromatic rings. The van der Waals surface area contributed by atoms with Crippen molar-refractivity contribution in [2.75, 3.05) is 13.1 Å². The van der Waals surface area contributed by atoms with Crippen LogP contribution in [0.1, 0.15) is 13.8 Å². The molecule has 0 aliphatic heterocycles. The molecular weight excluding hydrogens is 365 g/mol. The Labute approximate surface area is 166 Å². The van der Waals surface area contributed by atoms with Gasteiger partial charge in [0.05, 0.1) is 5.30 Å². The number of nitrogens with zero attached hydrogens (tertiary/aromatic N) is 1. The molecule has 0 saturated heterocycles.